The summed E-state index contributed by atoms with van der Waals surface area (Å²) in [5.74, 6) is 1.51. The van der Waals surface area contributed by atoms with E-state index in [1.165, 1.54) is 36.1 Å². The molecule has 0 unspecified atom stereocenters. The van der Waals surface area contributed by atoms with Crippen molar-refractivity contribution in [2.45, 2.75) is 54.0 Å². The summed E-state index contributed by atoms with van der Waals surface area (Å²) in [6.07, 6.45) is 2.42. The number of nitrogens with zero attached hydrogens (tertiary/aromatic N) is 1. The van der Waals surface area contributed by atoms with Gasteiger partial charge in [-0.05, 0) is 42.7 Å². The van der Waals surface area contributed by atoms with Gasteiger partial charge in [0, 0.05) is 5.56 Å². The molecule has 0 fully saturated rings. The standard InChI is InChI=1S/C14H22.C11H18N.ClH.H2O/c1-11(2)9-13-7-5-6-8-14(13)10-12(3)4;1-4-12(2,3)10-11-8-6-5-7-9-11;;/h5-8,11-12H,9-10H2,1-4H3;5-9H,4,10H2,1-3H3;1H;1H2/q;+1;;/p-1. The molecule has 0 amide bonds. The van der Waals surface area contributed by atoms with Crippen LogP contribution < -0.4 is 12.4 Å². The number of halogens is 1. The molecular weight excluding hydrogens is 366 g/mol. The molecule has 0 radical (unpaired) electrons. The quantitative estimate of drug-likeness (QED) is 0.632. The fourth-order valence-corrected chi connectivity index (χ4v) is 3.02. The van der Waals surface area contributed by atoms with Gasteiger partial charge in [-0.3, -0.25) is 0 Å². The third kappa shape index (κ3) is 12.2. The van der Waals surface area contributed by atoms with E-state index in [0.717, 1.165) is 22.9 Å². The van der Waals surface area contributed by atoms with Crippen molar-refractivity contribution in [1.29, 1.82) is 0 Å². The van der Waals surface area contributed by atoms with Crippen LogP contribution in [0.1, 0.15) is 51.3 Å². The molecule has 160 valence electrons. The van der Waals surface area contributed by atoms with Crippen LogP contribution in [-0.4, -0.2) is 30.6 Å². The summed E-state index contributed by atoms with van der Waals surface area (Å²) >= 11 is 0. The van der Waals surface area contributed by atoms with Gasteiger partial charge in [0.25, 0.3) is 0 Å². The molecule has 0 saturated heterocycles. The van der Waals surface area contributed by atoms with Crippen LogP contribution in [0.25, 0.3) is 0 Å². The van der Waals surface area contributed by atoms with E-state index in [1.54, 1.807) is 0 Å². The highest BCUT2D eigenvalue weighted by atomic mass is 35.5. The van der Waals surface area contributed by atoms with Gasteiger partial charge in [-0.2, -0.15) is 0 Å². The molecule has 28 heavy (non-hydrogen) atoms. The van der Waals surface area contributed by atoms with Crippen molar-refractivity contribution in [2.75, 3.05) is 20.6 Å². The molecule has 0 aromatic heterocycles. The van der Waals surface area contributed by atoms with Crippen LogP contribution in [0, 0.1) is 11.8 Å². The van der Waals surface area contributed by atoms with Gasteiger partial charge in [-0.1, -0.05) is 82.3 Å². The highest BCUT2D eigenvalue weighted by Gasteiger charge is 2.11. The zero-order chi connectivity index (χ0) is 19.6. The second-order valence-corrected chi connectivity index (χ2v) is 8.86. The number of rotatable bonds is 7. The third-order valence-electron chi connectivity index (χ3n) is 4.68. The summed E-state index contributed by atoms with van der Waals surface area (Å²) < 4.78 is 1.06. The first-order chi connectivity index (χ1) is 12.2. The minimum Gasteiger partial charge on any atom is -1.00 e. The summed E-state index contributed by atoms with van der Waals surface area (Å²) in [5, 5.41) is 0. The Morgan fingerprint density at radius 2 is 1.11 bits per heavy atom. The number of hydrogen-bond acceptors (Lipinski definition) is 0. The second kappa shape index (κ2) is 14.6. The molecule has 2 rings (SSSR count). The molecular formula is C25H42ClNO. The van der Waals surface area contributed by atoms with Crippen LogP contribution in [0.3, 0.4) is 0 Å². The summed E-state index contributed by atoms with van der Waals surface area (Å²) in [6, 6.07) is 19.5. The van der Waals surface area contributed by atoms with Crippen molar-refractivity contribution in [1.82, 2.24) is 0 Å². The van der Waals surface area contributed by atoms with E-state index < -0.39 is 0 Å². The Balaban J connectivity index is 0. The van der Waals surface area contributed by atoms with E-state index in [4.69, 9.17) is 0 Å². The average molecular weight is 408 g/mol. The molecule has 2 N–H and O–H groups in total. The average Bonchev–Trinajstić information content (AvgIpc) is 2.57. The van der Waals surface area contributed by atoms with Crippen LogP contribution in [-0.2, 0) is 19.4 Å². The smallest absolute Gasteiger partial charge is 0.104 e. The highest BCUT2D eigenvalue weighted by Crippen LogP contribution is 2.17. The monoisotopic (exact) mass is 407 g/mol. The Morgan fingerprint density at radius 3 is 1.46 bits per heavy atom. The summed E-state index contributed by atoms with van der Waals surface area (Å²) in [6.45, 7) is 13.7. The minimum absolute atomic E-state index is 0. The lowest BCUT2D eigenvalue weighted by atomic mass is 9.93. The number of benzene rings is 2. The Labute approximate surface area is 180 Å². The molecule has 3 heteroatoms. The first kappa shape index (κ1) is 28.9. The summed E-state index contributed by atoms with van der Waals surface area (Å²) in [5.41, 5.74) is 4.50. The first-order valence-corrected chi connectivity index (χ1v) is 10.2. The number of quaternary nitrogens is 1. The van der Waals surface area contributed by atoms with Gasteiger partial charge in [0.1, 0.15) is 6.54 Å². The fourth-order valence-electron chi connectivity index (χ4n) is 3.02. The van der Waals surface area contributed by atoms with Crippen molar-refractivity contribution in [3.05, 3.63) is 71.3 Å². The maximum Gasteiger partial charge on any atom is 0.104 e. The molecule has 0 spiro atoms. The minimum atomic E-state index is 0. The van der Waals surface area contributed by atoms with Gasteiger partial charge in [-0.15, -0.1) is 0 Å². The molecule has 0 bridgehead atoms. The molecule has 0 heterocycles. The molecule has 2 aromatic rings. The number of hydrogen-bond donors (Lipinski definition) is 0. The predicted molar refractivity (Wildman–Crippen MR) is 120 cm³/mol. The van der Waals surface area contributed by atoms with E-state index in [1.807, 2.05) is 0 Å². The zero-order valence-corrected chi connectivity index (χ0v) is 19.8. The van der Waals surface area contributed by atoms with Gasteiger partial charge in [0.15, 0.2) is 0 Å². The van der Waals surface area contributed by atoms with E-state index in [9.17, 15) is 0 Å². The molecule has 0 aliphatic heterocycles. The van der Waals surface area contributed by atoms with Gasteiger partial charge in [-0.25, -0.2) is 0 Å². The van der Waals surface area contributed by atoms with Crippen molar-refractivity contribution >= 4 is 0 Å². The van der Waals surface area contributed by atoms with E-state index in [-0.39, 0.29) is 17.9 Å². The Hall–Kier alpha value is -1.35. The van der Waals surface area contributed by atoms with Gasteiger partial charge in [0.2, 0.25) is 0 Å². The lowest BCUT2D eigenvalue weighted by Crippen LogP contribution is -3.00. The van der Waals surface area contributed by atoms with E-state index >= 15 is 0 Å². The third-order valence-corrected chi connectivity index (χ3v) is 4.68. The van der Waals surface area contributed by atoms with E-state index in [0.29, 0.717) is 0 Å². The molecule has 2 nitrogen and oxygen atoms in total. The van der Waals surface area contributed by atoms with Gasteiger partial charge in [0.05, 0.1) is 20.6 Å². The lowest BCUT2D eigenvalue weighted by Gasteiger charge is -2.28. The maximum atomic E-state index is 2.28. The maximum absolute atomic E-state index is 2.28. The first-order valence-electron chi connectivity index (χ1n) is 10.2. The van der Waals surface area contributed by atoms with Gasteiger partial charge < -0.3 is 22.4 Å². The van der Waals surface area contributed by atoms with Crippen LogP contribution >= 0.6 is 0 Å². The molecule has 0 aliphatic rings. The normalized spacial score (nSPS) is 10.6. The zero-order valence-electron chi connectivity index (χ0n) is 19.0. The lowest BCUT2D eigenvalue weighted by molar-refractivity contribution is -0.901. The summed E-state index contributed by atoms with van der Waals surface area (Å²) in [4.78, 5) is 0. The largest absolute Gasteiger partial charge is 1.00 e. The SMILES string of the molecule is CC(C)Cc1ccccc1CC(C)C.CC[N+](C)(C)Cc1ccccc1.O.[Cl-]. The van der Waals surface area contributed by atoms with Crippen LogP contribution in [0.4, 0.5) is 0 Å². The predicted octanol–water partition coefficient (Wildman–Crippen LogP) is 2.55. The molecule has 0 aliphatic carbocycles. The molecule has 2 aromatic carbocycles. The van der Waals surface area contributed by atoms with Crippen molar-refractivity contribution in [3.8, 4) is 0 Å². The van der Waals surface area contributed by atoms with Crippen LogP contribution in [0.5, 0.6) is 0 Å². The molecule has 0 atom stereocenters. The van der Waals surface area contributed by atoms with Crippen LogP contribution in [0.15, 0.2) is 54.6 Å². The molecule has 0 saturated carbocycles. The van der Waals surface area contributed by atoms with Crippen molar-refractivity contribution in [3.63, 3.8) is 0 Å². The van der Waals surface area contributed by atoms with Gasteiger partial charge >= 0.3 is 0 Å². The van der Waals surface area contributed by atoms with E-state index in [2.05, 4.69) is 103 Å². The Kier molecular flexibility index (Phi) is 15.1. The highest BCUT2D eigenvalue weighted by molar-refractivity contribution is 5.27. The Bertz CT molecular complexity index is 594. The fraction of sp³-hybridized carbons (Fsp3) is 0.520. The Morgan fingerprint density at radius 1 is 0.714 bits per heavy atom. The van der Waals surface area contributed by atoms with Crippen molar-refractivity contribution < 1.29 is 22.4 Å². The second-order valence-electron chi connectivity index (χ2n) is 8.86. The summed E-state index contributed by atoms with van der Waals surface area (Å²) in [7, 11) is 4.51. The topological polar surface area (TPSA) is 31.5 Å². The van der Waals surface area contributed by atoms with Crippen molar-refractivity contribution in [2.24, 2.45) is 11.8 Å². The van der Waals surface area contributed by atoms with Crippen LogP contribution in [0.2, 0.25) is 0 Å².